The van der Waals surface area contributed by atoms with Crippen LogP contribution >= 0.6 is 0 Å². The van der Waals surface area contributed by atoms with Gasteiger partial charge in [-0.15, -0.1) is 0 Å². The zero-order chi connectivity index (χ0) is 23.6. The van der Waals surface area contributed by atoms with E-state index in [1.54, 1.807) is 19.1 Å². The Morgan fingerprint density at radius 3 is 2.27 bits per heavy atom. The maximum atomic E-state index is 13.6. The van der Waals surface area contributed by atoms with E-state index in [0.717, 1.165) is 56.5 Å². The van der Waals surface area contributed by atoms with E-state index >= 15 is 0 Å². The normalized spacial score (nSPS) is 20.2. The molecule has 33 heavy (non-hydrogen) atoms. The first-order valence-electron chi connectivity index (χ1n) is 11.6. The highest BCUT2D eigenvalue weighted by Crippen LogP contribution is 2.38. The molecule has 1 atom stereocenters. The minimum atomic E-state index is -4.45. The Kier molecular flexibility index (Phi) is 6.96. The molecular formula is C25H31F4N3O. The molecule has 0 spiro atoms. The molecule has 0 radical (unpaired) electrons. The van der Waals surface area contributed by atoms with E-state index < -0.39 is 17.8 Å². The van der Waals surface area contributed by atoms with Crippen molar-refractivity contribution in [3.05, 3.63) is 59.0 Å². The lowest BCUT2D eigenvalue weighted by atomic mass is 9.73. The van der Waals surface area contributed by atoms with Gasteiger partial charge in [-0.1, -0.05) is 12.1 Å². The Balaban J connectivity index is 1.57. The summed E-state index contributed by atoms with van der Waals surface area (Å²) in [5, 5.41) is 0. The molecule has 2 aliphatic heterocycles. The SMILES string of the molecule is CC(OCC1(c2ccc(F)cc2)CCN(C)CC1)c1cc(C(F)(F)F)cc(N2CCCC2)n1. The summed E-state index contributed by atoms with van der Waals surface area (Å²) in [6.07, 6.45) is -1.49. The largest absolute Gasteiger partial charge is 0.416 e. The zero-order valence-electron chi connectivity index (χ0n) is 19.2. The smallest absolute Gasteiger partial charge is 0.371 e. The molecule has 2 fully saturated rings. The summed E-state index contributed by atoms with van der Waals surface area (Å²) in [6, 6.07) is 8.73. The Morgan fingerprint density at radius 1 is 1.03 bits per heavy atom. The van der Waals surface area contributed by atoms with Gasteiger partial charge >= 0.3 is 6.18 Å². The maximum absolute atomic E-state index is 13.6. The topological polar surface area (TPSA) is 28.6 Å². The molecule has 0 amide bonds. The first kappa shape index (κ1) is 24.0. The second kappa shape index (κ2) is 9.58. The summed E-state index contributed by atoms with van der Waals surface area (Å²) < 4.78 is 60.6. The first-order valence-corrected chi connectivity index (χ1v) is 11.6. The summed E-state index contributed by atoms with van der Waals surface area (Å²) in [4.78, 5) is 8.70. The molecule has 0 aliphatic carbocycles. The molecule has 4 nitrogen and oxygen atoms in total. The van der Waals surface area contributed by atoms with Gasteiger partial charge < -0.3 is 14.5 Å². The molecule has 2 saturated heterocycles. The molecule has 0 saturated carbocycles. The van der Waals surface area contributed by atoms with Gasteiger partial charge in [-0.05, 0) is 82.6 Å². The molecule has 0 bridgehead atoms. The fourth-order valence-corrected chi connectivity index (χ4v) is 4.75. The predicted octanol–water partition coefficient (Wildman–Crippen LogP) is 5.58. The van der Waals surface area contributed by atoms with Gasteiger partial charge in [-0.25, -0.2) is 9.37 Å². The Morgan fingerprint density at radius 2 is 1.67 bits per heavy atom. The number of rotatable bonds is 6. The minimum Gasteiger partial charge on any atom is -0.371 e. The van der Waals surface area contributed by atoms with Crippen LogP contribution in [0.25, 0.3) is 0 Å². The average Bonchev–Trinajstić information content (AvgIpc) is 3.33. The van der Waals surface area contributed by atoms with Crippen molar-refractivity contribution < 1.29 is 22.3 Å². The summed E-state index contributed by atoms with van der Waals surface area (Å²) in [5.74, 6) is 0.0686. The number of halogens is 4. The van der Waals surface area contributed by atoms with E-state index in [1.807, 2.05) is 4.90 Å². The Hall–Kier alpha value is -2.19. The van der Waals surface area contributed by atoms with Crippen molar-refractivity contribution in [2.75, 3.05) is 44.7 Å². The Labute approximate surface area is 192 Å². The van der Waals surface area contributed by atoms with Crippen LogP contribution < -0.4 is 4.90 Å². The average molecular weight is 466 g/mol. The lowest BCUT2D eigenvalue weighted by molar-refractivity contribution is -0.137. The van der Waals surface area contributed by atoms with Gasteiger partial charge in [-0.3, -0.25) is 0 Å². The quantitative estimate of drug-likeness (QED) is 0.521. The molecule has 2 aromatic rings. The molecule has 8 heteroatoms. The highest BCUT2D eigenvalue weighted by atomic mass is 19.4. The van der Waals surface area contributed by atoms with Crippen molar-refractivity contribution >= 4 is 5.82 Å². The molecule has 3 heterocycles. The summed E-state index contributed by atoms with van der Waals surface area (Å²) >= 11 is 0. The van der Waals surface area contributed by atoms with Crippen molar-refractivity contribution in [1.29, 1.82) is 0 Å². The summed E-state index contributed by atoms with van der Waals surface area (Å²) in [5.41, 5.74) is 0.277. The van der Waals surface area contributed by atoms with Crippen LogP contribution in [0.15, 0.2) is 36.4 Å². The number of hydrogen-bond acceptors (Lipinski definition) is 4. The van der Waals surface area contributed by atoms with Crippen LogP contribution in [-0.2, 0) is 16.3 Å². The fourth-order valence-electron chi connectivity index (χ4n) is 4.75. The van der Waals surface area contributed by atoms with E-state index in [4.69, 9.17) is 4.74 Å². The number of ether oxygens (including phenoxy) is 1. The standard InChI is InChI=1S/C25H31F4N3O/c1-18(22-15-20(25(27,28)29)16-23(30-22)32-11-3-4-12-32)33-17-24(9-13-31(2)14-10-24)19-5-7-21(26)8-6-19/h5-8,15-16,18H,3-4,9-14,17H2,1-2H3. The molecule has 1 aromatic heterocycles. The van der Waals surface area contributed by atoms with E-state index in [9.17, 15) is 17.6 Å². The van der Waals surface area contributed by atoms with Gasteiger partial charge in [0.05, 0.1) is 24.0 Å². The van der Waals surface area contributed by atoms with Crippen molar-refractivity contribution in [2.45, 2.75) is 50.3 Å². The zero-order valence-corrected chi connectivity index (χ0v) is 19.2. The number of aromatic nitrogens is 1. The van der Waals surface area contributed by atoms with E-state index in [0.29, 0.717) is 25.5 Å². The van der Waals surface area contributed by atoms with Gasteiger partial charge in [0.2, 0.25) is 0 Å². The second-order valence-corrected chi connectivity index (χ2v) is 9.37. The number of likely N-dealkylation sites (tertiary alicyclic amines) is 1. The van der Waals surface area contributed by atoms with Crippen molar-refractivity contribution in [2.24, 2.45) is 0 Å². The van der Waals surface area contributed by atoms with Crippen LogP contribution in [-0.4, -0.2) is 49.7 Å². The van der Waals surface area contributed by atoms with E-state index in [-0.39, 0.29) is 16.9 Å². The summed E-state index contributed by atoms with van der Waals surface area (Å²) in [7, 11) is 2.06. The minimum absolute atomic E-state index is 0.286. The van der Waals surface area contributed by atoms with Gasteiger partial charge in [0.1, 0.15) is 11.6 Å². The highest BCUT2D eigenvalue weighted by Gasteiger charge is 2.37. The van der Waals surface area contributed by atoms with E-state index in [1.165, 1.54) is 12.1 Å². The van der Waals surface area contributed by atoms with E-state index in [2.05, 4.69) is 16.9 Å². The van der Waals surface area contributed by atoms with Crippen LogP contribution in [0.5, 0.6) is 0 Å². The van der Waals surface area contributed by atoms with Crippen molar-refractivity contribution in [3.63, 3.8) is 0 Å². The third-order valence-electron chi connectivity index (χ3n) is 7.02. The number of benzene rings is 1. The number of anilines is 1. The van der Waals surface area contributed by atoms with Gasteiger partial charge in [-0.2, -0.15) is 13.2 Å². The fraction of sp³-hybridized carbons (Fsp3) is 0.560. The molecule has 1 aromatic carbocycles. The molecule has 2 aliphatic rings. The molecule has 180 valence electrons. The molecule has 4 rings (SSSR count). The Bertz CT molecular complexity index is 934. The lowest BCUT2D eigenvalue weighted by Gasteiger charge is -2.41. The van der Waals surface area contributed by atoms with Crippen molar-refractivity contribution in [1.82, 2.24) is 9.88 Å². The lowest BCUT2D eigenvalue weighted by Crippen LogP contribution is -2.44. The van der Waals surface area contributed by atoms with Crippen LogP contribution in [0.2, 0.25) is 0 Å². The maximum Gasteiger partial charge on any atom is 0.416 e. The molecule has 0 N–H and O–H groups in total. The number of hydrogen-bond donors (Lipinski definition) is 0. The van der Waals surface area contributed by atoms with Gasteiger partial charge in [0.15, 0.2) is 0 Å². The van der Waals surface area contributed by atoms with Crippen LogP contribution in [0.3, 0.4) is 0 Å². The van der Waals surface area contributed by atoms with Gasteiger partial charge in [0, 0.05) is 18.5 Å². The number of alkyl halides is 3. The summed E-state index contributed by atoms with van der Waals surface area (Å²) in [6.45, 7) is 5.26. The van der Waals surface area contributed by atoms with Crippen LogP contribution in [0.1, 0.15) is 55.5 Å². The van der Waals surface area contributed by atoms with Crippen molar-refractivity contribution in [3.8, 4) is 0 Å². The molecular weight excluding hydrogens is 434 g/mol. The third-order valence-corrected chi connectivity index (χ3v) is 7.02. The second-order valence-electron chi connectivity index (χ2n) is 9.37. The van der Waals surface area contributed by atoms with Crippen LogP contribution in [0.4, 0.5) is 23.4 Å². The number of nitrogens with zero attached hydrogens (tertiary/aromatic N) is 3. The monoisotopic (exact) mass is 465 g/mol. The third kappa shape index (κ3) is 5.49. The molecule has 1 unspecified atom stereocenters. The van der Waals surface area contributed by atoms with Gasteiger partial charge in [0.25, 0.3) is 0 Å². The number of pyridine rings is 1. The predicted molar refractivity (Wildman–Crippen MR) is 120 cm³/mol. The van der Waals surface area contributed by atoms with Crippen LogP contribution in [0, 0.1) is 5.82 Å². The first-order chi connectivity index (χ1) is 15.7. The highest BCUT2D eigenvalue weighted by molar-refractivity contribution is 5.45. The number of piperidine rings is 1.